The first-order valence-corrected chi connectivity index (χ1v) is 4.40. The highest BCUT2D eigenvalue weighted by molar-refractivity contribution is 5.97. The monoisotopic (exact) mass is 174 g/mol. The summed E-state index contributed by atoms with van der Waals surface area (Å²) >= 11 is 0. The van der Waals surface area contributed by atoms with Crippen molar-refractivity contribution in [3.05, 3.63) is 35.4 Å². The Kier molecular flexibility index (Phi) is 1.65. The average Bonchev–Trinajstić information content (AvgIpc) is 2.13. The minimum absolute atomic E-state index is 0.0196. The molecule has 1 amide bonds. The van der Waals surface area contributed by atoms with Crippen LogP contribution in [0.3, 0.4) is 0 Å². The van der Waals surface area contributed by atoms with E-state index < -0.39 is 0 Å². The summed E-state index contributed by atoms with van der Waals surface area (Å²) in [4.78, 5) is 11.4. The van der Waals surface area contributed by atoms with E-state index >= 15 is 0 Å². The van der Waals surface area contributed by atoms with E-state index in [9.17, 15) is 4.79 Å². The normalized spacial score (nSPS) is 19.1. The number of carbonyl (C=O) groups excluding carboxylic acids is 1. The smallest absolute Gasteiger partial charge is 0.251 e. The molecular weight excluding hydrogens is 162 g/mol. The zero-order chi connectivity index (χ0) is 9.47. The number of rotatable bonds is 0. The van der Waals surface area contributed by atoms with Gasteiger partial charge < -0.3 is 5.32 Å². The molecule has 0 saturated carbocycles. The summed E-state index contributed by atoms with van der Waals surface area (Å²) in [5.41, 5.74) is 1.92. The van der Waals surface area contributed by atoms with Gasteiger partial charge in [-0.05, 0) is 17.7 Å². The fourth-order valence-electron chi connectivity index (χ4n) is 1.70. The average molecular weight is 174 g/mol. The van der Waals surface area contributed by atoms with Gasteiger partial charge in [0.05, 0.1) is 0 Å². The second-order valence-corrected chi connectivity index (χ2v) is 4.04. The molecule has 0 aliphatic carbocycles. The highest BCUT2D eigenvalue weighted by Gasteiger charge is 2.30. The van der Waals surface area contributed by atoms with Crippen molar-refractivity contribution in [3.63, 3.8) is 0 Å². The van der Waals surface area contributed by atoms with E-state index in [4.69, 9.17) is 0 Å². The molecule has 1 heterocycles. The molecule has 0 aromatic heterocycles. The van der Waals surface area contributed by atoms with Gasteiger partial charge in [0.2, 0.25) is 0 Å². The summed E-state index contributed by atoms with van der Waals surface area (Å²) < 4.78 is 0. The third-order valence-corrected chi connectivity index (χ3v) is 2.53. The summed E-state index contributed by atoms with van der Waals surface area (Å²) in [6, 6.07) is 8.52. The number of hydrogen-bond acceptors (Lipinski definition) is 1. The minimum atomic E-state index is 0.0196. The minimum Gasteiger partial charge on any atom is -0.351 e. The lowest BCUT2D eigenvalue weighted by Crippen LogP contribution is -2.43. The van der Waals surface area contributed by atoms with Gasteiger partial charge in [0.15, 0.2) is 0 Å². The number of fused-ring (bicyclic) bond motifs is 1. The molecule has 1 aliphatic heterocycles. The second-order valence-electron chi connectivity index (χ2n) is 4.04. The number of amides is 1. The van der Waals surface area contributed by atoms with Crippen LogP contribution in [0, 0.1) is 6.07 Å². The molecule has 67 valence electrons. The van der Waals surface area contributed by atoms with Crippen molar-refractivity contribution in [2.24, 2.45) is 0 Å². The van der Waals surface area contributed by atoms with Crippen molar-refractivity contribution in [1.82, 2.24) is 5.32 Å². The molecule has 0 spiro atoms. The van der Waals surface area contributed by atoms with Gasteiger partial charge in [-0.1, -0.05) is 26.0 Å². The number of benzene rings is 1. The van der Waals surface area contributed by atoms with E-state index in [1.54, 1.807) is 6.07 Å². The van der Waals surface area contributed by atoms with Crippen molar-refractivity contribution >= 4 is 5.91 Å². The lowest BCUT2D eigenvalue weighted by atomic mass is 9.79. The molecule has 0 saturated heterocycles. The van der Waals surface area contributed by atoms with Crippen LogP contribution in [0.4, 0.5) is 0 Å². The lowest BCUT2D eigenvalue weighted by molar-refractivity contribution is 0.0930. The van der Waals surface area contributed by atoms with E-state index in [-0.39, 0.29) is 11.3 Å². The molecule has 0 bridgehead atoms. The molecule has 1 aromatic carbocycles. The van der Waals surface area contributed by atoms with Crippen LogP contribution in [-0.2, 0) is 5.41 Å². The van der Waals surface area contributed by atoms with Crippen LogP contribution in [0.15, 0.2) is 18.2 Å². The standard InChI is InChI=1S/C11H12NO/c1-11(2)7-12-10(13)8-5-3-4-6-9(8)11/h4-6H,7H2,1-2H3,(H,12,13). The van der Waals surface area contributed by atoms with Crippen LogP contribution in [0.25, 0.3) is 0 Å². The summed E-state index contributed by atoms with van der Waals surface area (Å²) in [5.74, 6) is 0.0196. The predicted molar refractivity (Wildman–Crippen MR) is 50.6 cm³/mol. The lowest BCUT2D eigenvalue weighted by Gasteiger charge is -2.32. The highest BCUT2D eigenvalue weighted by atomic mass is 16.1. The van der Waals surface area contributed by atoms with Gasteiger partial charge in [-0.15, -0.1) is 0 Å². The highest BCUT2D eigenvalue weighted by Crippen LogP contribution is 2.28. The Labute approximate surface area is 78.0 Å². The van der Waals surface area contributed by atoms with E-state index in [0.29, 0.717) is 6.54 Å². The summed E-state index contributed by atoms with van der Waals surface area (Å²) in [5, 5.41) is 2.87. The Bertz CT molecular complexity index is 355. The van der Waals surface area contributed by atoms with Gasteiger partial charge in [-0.2, -0.15) is 0 Å². The second kappa shape index (κ2) is 2.59. The Hall–Kier alpha value is -1.31. The molecule has 1 aromatic rings. The zero-order valence-corrected chi connectivity index (χ0v) is 7.85. The largest absolute Gasteiger partial charge is 0.351 e. The first kappa shape index (κ1) is 8.30. The van der Waals surface area contributed by atoms with Crippen LogP contribution in [-0.4, -0.2) is 12.5 Å². The summed E-state index contributed by atoms with van der Waals surface area (Å²) in [6.07, 6.45) is 0. The van der Waals surface area contributed by atoms with Crippen LogP contribution >= 0.6 is 0 Å². The van der Waals surface area contributed by atoms with Crippen LogP contribution < -0.4 is 5.32 Å². The predicted octanol–water partition coefficient (Wildman–Crippen LogP) is 1.51. The number of carbonyl (C=O) groups is 1. The Morgan fingerprint density at radius 3 is 3.00 bits per heavy atom. The third-order valence-electron chi connectivity index (χ3n) is 2.53. The molecule has 1 N–H and O–H groups in total. The molecule has 0 atom stereocenters. The first-order valence-electron chi connectivity index (χ1n) is 4.40. The van der Waals surface area contributed by atoms with E-state index in [1.165, 1.54) is 0 Å². The zero-order valence-electron chi connectivity index (χ0n) is 7.85. The first-order chi connectivity index (χ1) is 6.11. The molecule has 2 nitrogen and oxygen atoms in total. The Morgan fingerprint density at radius 2 is 2.31 bits per heavy atom. The van der Waals surface area contributed by atoms with Crippen molar-refractivity contribution in [3.8, 4) is 0 Å². The van der Waals surface area contributed by atoms with Crippen LogP contribution in [0.1, 0.15) is 29.8 Å². The van der Waals surface area contributed by atoms with Gasteiger partial charge in [0, 0.05) is 17.5 Å². The number of nitrogens with one attached hydrogen (secondary N) is 1. The molecule has 1 radical (unpaired) electrons. The topological polar surface area (TPSA) is 29.1 Å². The van der Waals surface area contributed by atoms with E-state index in [2.05, 4.69) is 25.2 Å². The maximum Gasteiger partial charge on any atom is 0.251 e. The number of hydrogen-bond donors (Lipinski definition) is 1. The van der Waals surface area contributed by atoms with Gasteiger partial charge in [-0.25, -0.2) is 0 Å². The fourth-order valence-corrected chi connectivity index (χ4v) is 1.70. The van der Waals surface area contributed by atoms with Gasteiger partial charge in [0.1, 0.15) is 0 Å². The molecule has 13 heavy (non-hydrogen) atoms. The third kappa shape index (κ3) is 1.22. The maximum atomic E-state index is 11.4. The van der Waals surface area contributed by atoms with E-state index in [0.717, 1.165) is 11.1 Å². The summed E-state index contributed by atoms with van der Waals surface area (Å²) in [6.45, 7) is 4.97. The van der Waals surface area contributed by atoms with Crippen molar-refractivity contribution < 1.29 is 4.79 Å². The Balaban J connectivity index is 2.61. The fraction of sp³-hybridized carbons (Fsp3) is 0.364. The van der Waals surface area contributed by atoms with Gasteiger partial charge >= 0.3 is 0 Å². The van der Waals surface area contributed by atoms with E-state index in [1.807, 2.05) is 12.1 Å². The molecule has 1 aliphatic rings. The van der Waals surface area contributed by atoms with Crippen molar-refractivity contribution in [2.75, 3.05) is 6.54 Å². The summed E-state index contributed by atoms with van der Waals surface area (Å²) in [7, 11) is 0. The molecule has 0 unspecified atom stereocenters. The molecule has 2 rings (SSSR count). The maximum absolute atomic E-state index is 11.4. The van der Waals surface area contributed by atoms with Crippen molar-refractivity contribution in [2.45, 2.75) is 19.3 Å². The van der Waals surface area contributed by atoms with Gasteiger partial charge in [-0.3, -0.25) is 4.79 Å². The molecular formula is C11H12NO. The van der Waals surface area contributed by atoms with Crippen molar-refractivity contribution in [1.29, 1.82) is 0 Å². The Morgan fingerprint density at radius 1 is 1.54 bits per heavy atom. The molecule has 2 heteroatoms. The van der Waals surface area contributed by atoms with Gasteiger partial charge in [0.25, 0.3) is 5.91 Å². The molecule has 0 fully saturated rings. The SMILES string of the molecule is CC1(C)CNC(=O)c2c[c]ccc21. The quantitative estimate of drug-likeness (QED) is 0.634. The van der Waals surface area contributed by atoms with Crippen LogP contribution in [0.2, 0.25) is 0 Å². The van der Waals surface area contributed by atoms with Crippen LogP contribution in [0.5, 0.6) is 0 Å².